The van der Waals surface area contributed by atoms with E-state index in [9.17, 15) is 0 Å². The summed E-state index contributed by atoms with van der Waals surface area (Å²) in [6, 6.07) is 0.462. The lowest BCUT2D eigenvalue weighted by atomic mass is 9.86. The summed E-state index contributed by atoms with van der Waals surface area (Å²) in [7, 11) is 0. The fourth-order valence-corrected chi connectivity index (χ4v) is 1.52. The molecule has 1 saturated carbocycles. The van der Waals surface area contributed by atoms with Crippen LogP contribution in [-0.4, -0.2) is 6.04 Å². The zero-order valence-electron chi connectivity index (χ0n) is 7.76. The molecule has 68 valence electrons. The van der Waals surface area contributed by atoms with Crippen LogP contribution in [0.4, 0.5) is 0 Å². The van der Waals surface area contributed by atoms with Gasteiger partial charge in [-0.25, -0.2) is 0 Å². The normalized spacial score (nSPS) is 21.8. The molecule has 1 rings (SSSR count). The third-order valence-electron chi connectivity index (χ3n) is 2.34. The van der Waals surface area contributed by atoms with Gasteiger partial charge in [0, 0.05) is 6.04 Å². The van der Waals surface area contributed by atoms with E-state index in [1.807, 2.05) is 6.08 Å². The first-order chi connectivity index (χ1) is 5.83. The van der Waals surface area contributed by atoms with Crippen molar-refractivity contribution in [2.45, 2.75) is 44.6 Å². The lowest BCUT2D eigenvalue weighted by Crippen LogP contribution is -2.30. The molecule has 0 radical (unpaired) electrons. The summed E-state index contributed by atoms with van der Waals surface area (Å²) >= 11 is 0. The molecular weight excluding hydrogens is 146 g/mol. The smallest absolute Gasteiger partial charge is 0.0113 e. The molecule has 0 spiro atoms. The van der Waals surface area contributed by atoms with Crippen molar-refractivity contribution in [1.82, 2.24) is 0 Å². The third-order valence-corrected chi connectivity index (χ3v) is 2.34. The number of allylic oxidation sites excluding steroid dienone is 2. The molecule has 0 atom stereocenters. The highest BCUT2D eigenvalue weighted by Gasteiger charge is 2.17. The van der Waals surface area contributed by atoms with Gasteiger partial charge in [0.1, 0.15) is 0 Å². The van der Waals surface area contributed by atoms with E-state index in [2.05, 4.69) is 12.7 Å². The van der Waals surface area contributed by atoms with Gasteiger partial charge in [-0.15, -0.1) is 6.58 Å². The average molecular weight is 165 g/mol. The molecular formula is C11H19N. The van der Waals surface area contributed by atoms with Crippen molar-refractivity contribution in [3.05, 3.63) is 24.3 Å². The van der Waals surface area contributed by atoms with E-state index in [0.29, 0.717) is 6.04 Å². The van der Waals surface area contributed by atoms with Crippen LogP contribution in [0, 0.1) is 0 Å². The molecule has 1 heteroatoms. The first-order valence-corrected chi connectivity index (χ1v) is 4.87. The summed E-state index contributed by atoms with van der Waals surface area (Å²) in [5.74, 6) is 0. The van der Waals surface area contributed by atoms with Crippen molar-refractivity contribution in [2.75, 3.05) is 0 Å². The Balaban J connectivity index is 1.95. The van der Waals surface area contributed by atoms with Crippen molar-refractivity contribution in [2.24, 2.45) is 5.73 Å². The molecule has 0 heterocycles. The Morgan fingerprint density at radius 3 is 2.58 bits per heavy atom. The second-order valence-corrected chi connectivity index (χ2v) is 3.60. The fourth-order valence-electron chi connectivity index (χ4n) is 1.52. The molecule has 2 N–H and O–H groups in total. The lowest BCUT2D eigenvalue weighted by molar-refractivity contribution is 0.537. The Kier molecular flexibility index (Phi) is 4.09. The molecule has 1 fully saturated rings. The van der Waals surface area contributed by atoms with Crippen LogP contribution in [0.5, 0.6) is 0 Å². The van der Waals surface area contributed by atoms with Crippen molar-refractivity contribution < 1.29 is 0 Å². The van der Waals surface area contributed by atoms with Crippen molar-refractivity contribution >= 4 is 0 Å². The molecule has 0 aromatic rings. The van der Waals surface area contributed by atoms with Gasteiger partial charge in [0.25, 0.3) is 0 Å². The van der Waals surface area contributed by atoms with Crippen LogP contribution in [0.3, 0.4) is 0 Å². The monoisotopic (exact) mass is 165 g/mol. The average Bonchev–Trinajstić information content (AvgIpc) is 2.00. The van der Waals surface area contributed by atoms with E-state index in [1.165, 1.54) is 19.3 Å². The Morgan fingerprint density at radius 1 is 1.33 bits per heavy atom. The Bertz CT molecular complexity index is 162. The summed E-state index contributed by atoms with van der Waals surface area (Å²) in [5.41, 5.74) is 7.24. The zero-order valence-corrected chi connectivity index (χ0v) is 7.76. The van der Waals surface area contributed by atoms with Gasteiger partial charge < -0.3 is 5.73 Å². The number of unbranched alkanes of at least 4 members (excludes halogenated alkanes) is 3. The van der Waals surface area contributed by atoms with Crippen molar-refractivity contribution in [1.29, 1.82) is 0 Å². The number of rotatable bonds is 5. The highest BCUT2D eigenvalue weighted by Crippen LogP contribution is 2.25. The molecule has 0 aliphatic heterocycles. The molecule has 0 aromatic carbocycles. The molecule has 1 nitrogen and oxygen atoms in total. The van der Waals surface area contributed by atoms with Gasteiger partial charge in [-0.2, -0.15) is 0 Å². The largest absolute Gasteiger partial charge is 0.327 e. The number of hydrogen-bond donors (Lipinski definition) is 1. The standard InChI is InChI=1S/C11H19N/c1-2-3-4-5-6-7-10-8-11(12)9-10/h2,7,11H,1,3-6,8-9,12H2. The molecule has 0 saturated heterocycles. The van der Waals surface area contributed by atoms with Crippen molar-refractivity contribution in [3.63, 3.8) is 0 Å². The van der Waals surface area contributed by atoms with Gasteiger partial charge in [0.05, 0.1) is 0 Å². The summed E-state index contributed by atoms with van der Waals surface area (Å²) in [4.78, 5) is 0. The predicted molar refractivity (Wildman–Crippen MR) is 54.0 cm³/mol. The second kappa shape index (κ2) is 5.15. The minimum absolute atomic E-state index is 0.462. The first-order valence-electron chi connectivity index (χ1n) is 4.87. The summed E-state index contributed by atoms with van der Waals surface area (Å²) in [5, 5.41) is 0. The van der Waals surface area contributed by atoms with Crippen LogP contribution in [0.1, 0.15) is 38.5 Å². The number of nitrogens with two attached hydrogens (primary N) is 1. The van der Waals surface area contributed by atoms with Gasteiger partial charge in [0.15, 0.2) is 0 Å². The van der Waals surface area contributed by atoms with Gasteiger partial charge in [-0.1, -0.05) is 17.7 Å². The molecule has 0 amide bonds. The molecule has 0 aromatic heterocycles. The highest BCUT2D eigenvalue weighted by atomic mass is 14.7. The van der Waals surface area contributed by atoms with Crippen LogP contribution in [0.15, 0.2) is 24.3 Å². The molecule has 0 unspecified atom stereocenters. The van der Waals surface area contributed by atoms with E-state index < -0.39 is 0 Å². The van der Waals surface area contributed by atoms with Gasteiger partial charge in [-0.3, -0.25) is 0 Å². The summed E-state index contributed by atoms with van der Waals surface area (Å²) in [6.07, 6.45) is 11.6. The fraction of sp³-hybridized carbons (Fsp3) is 0.636. The highest BCUT2D eigenvalue weighted by molar-refractivity contribution is 5.14. The second-order valence-electron chi connectivity index (χ2n) is 3.60. The van der Waals surface area contributed by atoms with E-state index in [0.717, 1.165) is 19.3 Å². The first kappa shape index (κ1) is 9.53. The van der Waals surface area contributed by atoms with Gasteiger partial charge in [-0.05, 0) is 38.5 Å². The molecule has 0 bridgehead atoms. The molecule has 12 heavy (non-hydrogen) atoms. The summed E-state index contributed by atoms with van der Waals surface area (Å²) < 4.78 is 0. The maximum atomic E-state index is 5.67. The molecule has 1 aliphatic rings. The van der Waals surface area contributed by atoms with Crippen LogP contribution in [-0.2, 0) is 0 Å². The van der Waals surface area contributed by atoms with Crippen LogP contribution in [0.2, 0.25) is 0 Å². The number of hydrogen-bond acceptors (Lipinski definition) is 1. The Hall–Kier alpha value is -0.560. The van der Waals surface area contributed by atoms with Gasteiger partial charge >= 0.3 is 0 Å². The predicted octanol–water partition coefficient (Wildman–Crippen LogP) is 2.78. The Labute approximate surface area is 75.3 Å². The van der Waals surface area contributed by atoms with E-state index in [4.69, 9.17) is 5.73 Å². The maximum Gasteiger partial charge on any atom is 0.0113 e. The quantitative estimate of drug-likeness (QED) is 0.492. The maximum absolute atomic E-state index is 5.67. The van der Waals surface area contributed by atoms with Crippen LogP contribution < -0.4 is 5.73 Å². The van der Waals surface area contributed by atoms with Crippen LogP contribution in [0.25, 0.3) is 0 Å². The minimum Gasteiger partial charge on any atom is -0.327 e. The van der Waals surface area contributed by atoms with E-state index >= 15 is 0 Å². The van der Waals surface area contributed by atoms with E-state index in [1.54, 1.807) is 5.57 Å². The van der Waals surface area contributed by atoms with Crippen molar-refractivity contribution in [3.8, 4) is 0 Å². The topological polar surface area (TPSA) is 26.0 Å². The van der Waals surface area contributed by atoms with Crippen LogP contribution >= 0.6 is 0 Å². The zero-order chi connectivity index (χ0) is 8.81. The minimum atomic E-state index is 0.462. The SMILES string of the molecule is C=CCCCCC=C1CC(N)C1. The van der Waals surface area contributed by atoms with Gasteiger partial charge in [0.2, 0.25) is 0 Å². The lowest BCUT2D eigenvalue weighted by Gasteiger charge is -2.25. The third kappa shape index (κ3) is 3.22. The van der Waals surface area contributed by atoms with E-state index in [-0.39, 0.29) is 0 Å². The molecule has 1 aliphatic carbocycles. The Morgan fingerprint density at radius 2 is 2.00 bits per heavy atom. The summed E-state index contributed by atoms with van der Waals surface area (Å²) in [6.45, 7) is 3.70.